The molecule has 3 rings (SSSR count). The summed E-state index contributed by atoms with van der Waals surface area (Å²) in [4.78, 5) is 50.3. The number of carbonyl (C=O) groups is 4. The number of nitrogens with zero attached hydrogens (tertiary/aromatic N) is 1. The van der Waals surface area contributed by atoms with Crippen LogP contribution in [0.25, 0.3) is 0 Å². The highest BCUT2D eigenvalue weighted by molar-refractivity contribution is 6.42. The highest BCUT2D eigenvalue weighted by Crippen LogP contribution is 2.27. The lowest BCUT2D eigenvalue weighted by molar-refractivity contribution is -0.151. The van der Waals surface area contributed by atoms with Crippen molar-refractivity contribution in [2.45, 2.75) is 26.4 Å². The van der Waals surface area contributed by atoms with Crippen LogP contribution in [-0.4, -0.2) is 43.0 Å². The molecule has 1 heterocycles. The smallest absolute Gasteiger partial charge is 0.338 e. The molecule has 8 nitrogen and oxygen atoms in total. The number of ether oxygens (including phenoxy) is 2. The second-order valence-electron chi connectivity index (χ2n) is 7.69. The van der Waals surface area contributed by atoms with Crippen LogP contribution in [0.4, 0.5) is 11.4 Å². The minimum Gasteiger partial charge on any atom is -0.459 e. The molecular formula is C23H22Cl2N2O6. The fraction of sp³-hybridized carbons (Fsp3) is 0.304. The van der Waals surface area contributed by atoms with Gasteiger partial charge in [-0.25, -0.2) is 4.79 Å². The molecule has 2 amide bonds. The number of anilines is 2. The maximum absolute atomic E-state index is 12.4. The minimum atomic E-state index is -0.708. The molecule has 0 bridgehead atoms. The number of carbonyl (C=O) groups excluding carboxylic acids is 4. The van der Waals surface area contributed by atoms with E-state index in [1.807, 2.05) is 0 Å². The van der Waals surface area contributed by atoms with E-state index in [4.69, 9.17) is 32.7 Å². The van der Waals surface area contributed by atoms with Gasteiger partial charge in [-0.1, -0.05) is 23.2 Å². The topological polar surface area (TPSA) is 102 Å². The van der Waals surface area contributed by atoms with Gasteiger partial charge in [-0.05, 0) is 56.3 Å². The zero-order valence-electron chi connectivity index (χ0n) is 18.0. The van der Waals surface area contributed by atoms with Crippen molar-refractivity contribution in [3.8, 4) is 0 Å². The number of hydrogen-bond acceptors (Lipinski definition) is 6. The van der Waals surface area contributed by atoms with Gasteiger partial charge in [-0.2, -0.15) is 0 Å². The molecule has 1 saturated heterocycles. The van der Waals surface area contributed by atoms with E-state index in [0.717, 1.165) is 0 Å². The van der Waals surface area contributed by atoms with E-state index in [1.165, 1.54) is 17.0 Å². The molecule has 1 aliphatic heterocycles. The summed E-state index contributed by atoms with van der Waals surface area (Å²) >= 11 is 11.7. The first-order valence-electron chi connectivity index (χ1n) is 10.2. The average molecular weight is 493 g/mol. The summed E-state index contributed by atoms with van der Waals surface area (Å²) in [5.41, 5.74) is 1.32. The lowest BCUT2D eigenvalue weighted by Crippen LogP contribution is -2.28. The molecule has 1 N–H and O–H groups in total. The summed E-state index contributed by atoms with van der Waals surface area (Å²) in [5, 5.41) is 3.18. The van der Waals surface area contributed by atoms with E-state index in [9.17, 15) is 19.2 Å². The average Bonchev–Trinajstić information content (AvgIpc) is 3.16. The number of halogens is 2. The molecule has 1 aliphatic rings. The first-order valence-corrected chi connectivity index (χ1v) is 10.9. The molecule has 0 radical (unpaired) electrons. The van der Waals surface area contributed by atoms with Gasteiger partial charge in [0.25, 0.3) is 5.91 Å². The van der Waals surface area contributed by atoms with Gasteiger partial charge in [-0.15, -0.1) is 0 Å². The quantitative estimate of drug-likeness (QED) is 0.583. The van der Waals surface area contributed by atoms with Crippen molar-refractivity contribution in [1.29, 1.82) is 0 Å². The first-order chi connectivity index (χ1) is 15.6. The minimum absolute atomic E-state index is 0.0373. The van der Waals surface area contributed by atoms with Crippen molar-refractivity contribution in [3.05, 3.63) is 58.1 Å². The lowest BCUT2D eigenvalue weighted by Gasteiger charge is -2.17. The van der Waals surface area contributed by atoms with E-state index in [1.54, 1.807) is 44.2 Å². The SMILES string of the molecule is CC(C)OC(=O)c1ccc(N2C[C@H](C(=O)OCC(=O)Nc3ccc(Cl)c(Cl)c3)CC2=O)cc1. The van der Waals surface area contributed by atoms with Crippen molar-refractivity contribution >= 4 is 58.3 Å². The molecule has 2 aromatic rings. The predicted molar refractivity (Wildman–Crippen MR) is 124 cm³/mol. The number of esters is 2. The van der Waals surface area contributed by atoms with Crippen LogP contribution in [0.3, 0.4) is 0 Å². The third kappa shape index (κ3) is 6.46. The predicted octanol–water partition coefficient (Wildman–Crippen LogP) is 4.09. The molecule has 0 spiro atoms. The zero-order valence-corrected chi connectivity index (χ0v) is 19.5. The van der Waals surface area contributed by atoms with Crippen LogP contribution >= 0.6 is 23.2 Å². The summed E-state index contributed by atoms with van der Waals surface area (Å²) in [6.07, 6.45) is -0.278. The van der Waals surface area contributed by atoms with Gasteiger partial charge in [-0.3, -0.25) is 14.4 Å². The van der Waals surface area contributed by atoms with Crippen molar-refractivity contribution in [2.75, 3.05) is 23.4 Å². The molecular weight excluding hydrogens is 471 g/mol. The summed E-state index contributed by atoms with van der Waals surface area (Å²) in [5.74, 6) is -2.61. The van der Waals surface area contributed by atoms with Gasteiger partial charge in [0.1, 0.15) is 0 Å². The standard InChI is InChI=1S/C23H22Cl2N2O6/c1-13(2)33-23(31)14-3-6-17(7-4-14)27-11-15(9-21(27)29)22(30)32-12-20(28)26-16-5-8-18(24)19(25)10-16/h3-8,10,13,15H,9,11-12H2,1-2H3,(H,26,28)/t15-/m1/s1. The number of rotatable bonds is 7. The number of nitrogens with one attached hydrogen (secondary N) is 1. The Morgan fingerprint density at radius 3 is 2.42 bits per heavy atom. The second-order valence-corrected chi connectivity index (χ2v) is 8.51. The summed E-state index contributed by atoms with van der Waals surface area (Å²) in [7, 11) is 0. The van der Waals surface area contributed by atoms with Gasteiger partial charge in [0.15, 0.2) is 6.61 Å². The van der Waals surface area contributed by atoms with E-state index < -0.39 is 30.4 Å². The molecule has 10 heteroatoms. The monoisotopic (exact) mass is 492 g/mol. The third-order valence-electron chi connectivity index (χ3n) is 4.76. The molecule has 1 atom stereocenters. The maximum atomic E-state index is 12.4. The molecule has 0 unspecified atom stereocenters. The zero-order chi connectivity index (χ0) is 24.1. The van der Waals surface area contributed by atoms with Crippen molar-refractivity contribution in [2.24, 2.45) is 5.92 Å². The normalized spacial score (nSPS) is 15.5. The van der Waals surface area contributed by atoms with Crippen molar-refractivity contribution < 1.29 is 28.7 Å². The van der Waals surface area contributed by atoms with Gasteiger partial charge in [0.2, 0.25) is 5.91 Å². The highest BCUT2D eigenvalue weighted by Gasteiger charge is 2.36. The third-order valence-corrected chi connectivity index (χ3v) is 5.50. The van der Waals surface area contributed by atoms with Gasteiger partial charge >= 0.3 is 11.9 Å². The fourth-order valence-corrected chi connectivity index (χ4v) is 3.50. The van der Waals surface area contributed by atoms with Crippen LogP contribution in [0, 0.1) is 5.92 Å². The second kappa shape index (κ2) is 10.7. The van der Waals surface area contributed by atoms with Gasteiger partial charge in [0, 0.05) is 24.3 Å². The molecule has 33 heavy (non-hydrogen) atoms. The first kappa shape index (κ1) is 24.5. The number of amides is 2. The Morgan fingerprint density at radius 2 is 1.79 bits per heavy atom. The van der Waals surface area contributed by atoms with Crippen LogP contribution in [0.1, 0.15) is 30.6 Å². The highest BCUT2D eigenvalue weighted by atomic mass is 35.5. The van der Waals surface area contributed by atoms with Gasteiger partial charge < -0.3 is 19.7 Å². The Labute approximate surface area is 200 Å². The fourth-order valence-electron chi connectivity index (χ4n) is 3.20. The van der Waals surface area contributed by atoms with Crippen LogP contribution in [0.2, 0.25) is 10.0 Å². The number of benzene rings is 2. The molecule has 2 aromatic carbocycles. The molecule has 1 fully saturated rings. The Bertz CT molecular complexity index is 1070. The van der Waals surface area contributed by atoms with Crippen molar-refractivity contribution in [1.82, 2.24) is 0 Å². The van der Waals surface area contributed by atoms with Crippen LogP contribution < -0.4 is 10.2 Å². The Balaban J connectivity index is 1.52. The Kier molecular flexibility index (Phi) is 7.94. The van der Waals surface area contributed by atoms with E-state index in [-0.39, 0.29) is 30.0 Å². The Hall–Kier alpha value is -3.10. The lowest BCUT2D eigenvalue weighted by atomic mass is 10.1. The summed E-state index contributed by atoms with van der Waals surface area (Å²) < 4.78 is 10.2. The molecule has 0 saturated carbocycles. The van der Waals surface area contributed by atoms with Crippen LogP contribution in [0.5, 0.6) is 0 Å². The van der Waals surface area contributed by atoms with Crippen LogP contribution in [0.15, 0.2) is 42.5 Å². The Morgan fingerprint density at radius 1 is 1.09 bits per heavy atom. The van der Waals surface area contributed by atoms with E-state index in [0.29, 0.717) is 22.0 Å². The van der Waals surface area contributed by atoms with Gasteiger partial charge in [0.05, 0.1) is 27.6 Å². The number of hydrogen-bond donors (Lipinski definition) is 1. The largest absolute Gasteiger partial charge is 0.459 e. The molecule has 0 aromatic heterocycles. The van der Waals surface area contributed by atoms with E-state index >= 15 is 0 Å². The van der Waals surface area contributed by atoms with Crippen molar-refractivity contribution in [3.63, 3.8) is 0 Å². The molecule has 174 valence electrons. The summed E-state index contributed by atoms with van der Waals surface area (Å²) in [6.45, 7) is 3.12. The molecule has 0 aliphatic carbocycles. The summed E-state index contributed by atoms with van der Waals surface area (Å²) in [6, 6.07) is 10.9. The van der Waals surface area contributed by atoms with Crippen LogP contribution in [-0.2, 0) is 23.9 Å². The maximum Gasteiger partial charge on any atom is 0.338 e. The van der Waals surface area contributed by atoms with E-state index in [2.05, 4.69) is 5.32 Å².